The first-order valence-corrected chi connectivity index (χ1v) is 11.3. The summed E-state index contributed by atoms with van der Waals surface area (Å²) in [5, 5.41) is 8.15. The van der Waals surface area contributed by atoms with Crippen molar-refractivity contribution < 1.29 is 19.1 Å². The van der Waals surface area contributed by atoms with Crippen LogP contribution in [0.1, 0.15) is 29.3 Å². The van der Waals surface area contributed by atoms with Gasteiger partial charge >= 0.3 is 5.97 Å². The summed E-state index contributed by atoms with van der Waals surface area (Å²) in [5.41, 5.74) is 3.00. The topological polar surface area (TPSA) is 82.4 Å². The van der Waals surface area contributed by atoms with Crippen molar-refractivity contribution in [3.05, 3.63) is 87.2 Å². The average molecular weight is 502 g/mol. The largest absolute Gasteiger partial charge is 0.497 e. The molecule has 0 unspecified atom stereocenters. The fourth-order valence-corrected chi connectivity index (χ4v) is 3.64. The van der Waals surface area contributed by atoms with Crippen molar-refractivity contribution in [3.63, 3.8) is 0 Å². The van der Waals surface area contributed by atoms with Gasteiger partial charge in [-0.05, 0) is 49.2 Å². The van der Waals surface area contributed by atoms with E-state index in [1.54, 1.807) is 36.9 Å². The van der Waals surface area contributed by atoms with Crippen molar-refractivity contribution in [2.75, 3.05) is 7.11 Å². The Morgan fingerprint density at radius 2 is 1.85 bits per heavy atom. The van der Waals surface area contributed by atoms with E-state index in [1.807, 2.05) is 30.3 Å². The van der Waals surface area contributed by atoms with Crippen LogP contribution in [0, 0.1) is 6.92 Å². The molecule has 3 rings (SSSR count). The van der Waals surface area contributed by atoms with E-state index in [0.717, 1.165) is 16.9 Å². The van der Waals surface area contributed by atoms with Crippen molar-refractivity contribution in [2.45, 2.75) is 33.0 Å². The van der Waals surface area contributed by atoms with Gasteiger partial charge in [0.1, 0.15) is 10.9 Å². The van der Waals surface area contributed by atoms with E-state index < -0.39 is 18.0 Å². The number of amides is 1. The molecule has 7 nitrogen and oxygen atoms in total. The van der Waals surface area contributed by atoms with Gasteiger partial charge in [-0.25, -0.2) is 9.48 Å². The third-order valence-electron chi connectivity index (χ3n) is 5.06. The number of carbonyl (C=O) groups excluding carboxylic acids is 2. The monoisotopic (exact) mass is 501 g/mol. The van der Waals surface area contributed by atoms with Crippen LogP contribution in [-0.2, 0) is 27.4 Å². The number of aryl methyl sites for hydroxylation is 1. The van der Waals surface area contributed by atoms with Crippen LogP contribution in [0.5, 0.6) is 5.75 Å². The Morgan fingerprint density at radius 1 is 1.15 bits per heavy atom. The minimum atomic E-state index is -0.963. The van der Waals surface area contributed by atoms with Crippen LogP contribution in [0.4, 0.5) is 0 Å². The Bertz CT molecular complexity index is 1190. The van der Waals surface area contributed by atoms with Crippen molar-refractivity contribution in [2.24, 2.45) is 0 Å². The molecular weight excluding hydrogens is 477 g/mol. The number of ether oxygens (including phenoxy) is 2. The molecule has 34 heavy (non-hydrogen) atoms. The van der Waals surface area contributed by atoms with Crippen LogP contribution in [0.25, 0.3) is 6.08 Å². The van der Waals surface area contributed by atoms with Gasteiger partial charge in [0.05, 0.1) is 19.3 Å². The molecule has 1 heterocycles. The predicted molar refractivity (Wildman–Crippen MR) is 132 cm³/mol. The van der Waals surface area contributed by atoms with Gasteiger partial charge in [0, 0.05) is 23.2 Å². The van der Waals surface area contributed by atoms with Crippen molar-refractivity contribution in [3.8, 4) is 5.75 Å². The van der Waals surface area contributed by atoms with Crippen molar-refractivity contribution >= 4 is 41.2 Å². The van der Waals surface area contributed by atoms with Gasteiger partial charge in [-0.1, -0.05) is 53.5 Å². The molecule has 1 N–H and O–H groups in total. The molecule has 0 bridgehead atoms. The highest BCUT2D eigenvalue weighted by Gasteiger charge is 2.17. The Labute approximate surface area is 208 Å². The highest BCUT2D eigenvalue weighted by molar-refractivity contribution is 6.32. The maximum atomic E-state index is 12.3. The van der Waals surface area contributed by atoms with Crippen LogP contribution in [0.15, 0.2) is 54.6 Å². The van der Waals surface area contributed by atoms with Crippen LogP contribution < -0.4 is 10.1 Å². The van der Waals surface area contributed by atoms with Crippen LogP contribution in [0.2, 0.25) is 10.2 Å². The maximum Gasteiger partial charge on any atom is 0.331 e. The molecule has 0 aliphatic heterocycles. The van der Waals surface area contributed by atoms with Gasteiger partial charge in [0.25, 0.3) is 5.91 Å². The molecule has 0 radical (unpaired) electrons. The standard InChI is InChI=1S/C25H25Cl2N3O4/c1-16-21(24(27)30(29-16)15-19-6-4-5-7-22(19)26)12-13-23(31)34-17(2)25(32)28-14-18-8-10-20(33-3)11-9-18/h4-13,17H,14-15H2,1-3H3,(H,28,32)/b13-12+/t17-/m0/s1. The van der Waals surface area contributed by atoms with Crippen LogP contribution >= 0.6 is 23.2 Å². The lowest BCUT2D eigenvalue weighted by molar-refractivity contribution is -0.150. The summed E-state index contributed by atoms with van der Waals surface area (Å²) in [6, 6.07) is 14.7. The zero-order chi connectivity index (χ0) is 24.7. The highest BCUT2D eigenvalue weighted by atomic mass is 35.5. The zero-order valence-electron chi connectivity index (χ0n) is 19.0. The zero-order valence-corrected chi connectivity index (χ0v) is 20.6. The van der Waals surface area contributed by atoms with E-state index in [0.29, 0.717) is 34.5 Å². The Morgan fingerprint density at radius 3 is 2.53 bits per heavy atom. The number of methoxy groups -OCH3 is 1. The van der Waals surface area contributed by atoms with E-state index >= 15 is 0 Å². The van der Waals surface area contributed by atoms with Gasteiger partial charge in [-0.2, -0.15) is 5.10 Å². The van der Waals surface area contributed by atoms with Gasteiger partial charge < -0.3 is 14.8 Å². The van der Waals surface area contributed by atoms with Gasteiger partial charge in [0.15, 0.2) is 6.10 Å². The number of carbonyl (C=O) groups is 2. The molecular formula is C25H25Cl2N3O4. The number of esters is 1. The van der Waals surface area contributed by atoms with E-state index in [-0.39, 0.29) is 0 Å². The number of aromatic nitrogens is 2. The fraction of sp³-hybridized carbons (Fsp3) is 0.240. The Hall–Kier alpha value is -3.29. The normalized spacial score (nSPS) is 11.9. The first kappa shape index (κ1) is 25.3. The van der Waals surface area contributed by atoms with Gasteiger partial charge in [-0.3, -0.25) is 4.79 Å². The summed E-state index contributed by atoms with van der Waals surface area (Å²) < 4.78 is 11.9. The number of nitrogens with zero attached hydrogens (tertiary/aromatic N) is 2. The third-order valence-corrected chi connectivity index (χ3v) is 5.83. The van der Waals surface area contributed by atoms with Crippen molar-refractivity contribution in [1.29, 1.82) is 0 Å². The number of hydrogen-bond donors (Lipinski definition) is 1. The molecule has 0 aliphatic carbocycles. The molecule has 0 spiro atoms. The second-order valence-electron chi connectivity index (χ2n) is 7.52. The molecule has 9 heteroatoms. The molecule has 0 aliphatic rings. The minimum absolute atomic E-state index is 0.306. The molecule has 0 fully saturated rings. The molecule has 0 saturated carbocycles. The number of benzene rings is 2. The predicted octanol–water partition coefficient (Wildman–Crippen LogP) is 4.82. The lowest BCUT2D eigenvalue weighted by atomic mass is 10.2. The average Bonchev–Trinajstić information content (AvgIpc) is 3.09. The summed E-state index contributed by atoms with van der Waals surface area (Å²) in [4.78, 5) is 24.5. The first-order chi connectivity index (χ1) is 16.3. The summed E-state index contributed by atoms with van der Waals surface area (Å²) in [7, 11) is 1.59. The molecule has 178 valence electrons. The maximum absolute atomic E-state index is 12.3. The molecule has 1 atom stereocenters. The second-order valence-corrected chi connectivity index (χ2v) is 8.28. The highest BCUT2D eigenvalue weighted by Crippen LogP contribution is 2.24. The summed E-state index contributed by atoms with van der Waals surface area (Å²) >= 11 is 12.7. The van der Waals surface area contributed by atoms with E-state index in [1.165, 1.54) is 19.1 Å². The van der Waals surface area contributed by atoms with Gasteiger partial charge in [0.2, 0.25) is 0 Å². The lowest BCUT2D eigenvalue weighted by Gasteiger charge is -2.12. The minimum Gasteiger partial charge on any atom is -0.497 e. The Balaban J connectivity index is 1.56. The number of hydrogen-bond acceptors (Lipinski definition) is 5. The third kappa shape index (κ3) is 6.62. The summed E-state index contributed by atoms with van der Waals surface area (Å²) in [6.07, 6.45) is 1.79. The number of halogens is 2. The fourth-order valence-electron chi connectivity index (χ4n) is 3.14. The lowest BCUT2D eigenvalue weighted by Crippen LogP contribution is -2.35. The molecule has 2 aromatic carbocycles. The molecule has 1 amide bonds. The smallest absolute Gasteiger partial charge is 0.331 e. The molecule has 1 aromatic heterocycles. The summed E-state index contributed by atoms with van der Waals surface area (Å²) in [5.74, 6) is -0.338. The number of rotatable bonds is 9. The SMILES string of the molecule is COc1ccc(CNC(=O)[C@H](C)OC(=O)/C=C/c2c(C)nn(Cc3ccccc3Cl)c2Cl)cc1. The molecule has 0 saturated heterocycles. The number of nitrogens with one attached hydrogen (secondary N) is 1. The van der Waals surface area contributed by atoms with Crippen LogP contribution in [-0.4, -0.2) is 34.9 Å². The Kier molecular flexibility index (Phi) is 8.73. The van der Waals surface area contributed by atoms with Crippen molar-refractivity contribution in [1.82, 2.24) is 15.1 Å². The second kappa shape index (κ2) is 11.7. The molecule has 3 aromatic rings. The van der Waals surface area contributed by atoms with E-state index in [4.69, 9.17) is 32.7 Å². The van der Waals surface area contributed by atoms with Crippen LogP contribution in [0.3, 0.4) is 0 Å². The summed E-state index contributed by atoms with van der Waals surface area (Å²) in [6.45, 7) is 3.99. The van der Waals surface area contributed by atoms with Gasteiger partial charge in [-0.15, -0.1) is 0 Å². The van der Waals surface area contributed by atoms with E-state index in [2.05, 4.69) is 10.4 Å². The van der Waals surface area contributed by atoms with E-state index in [9.17, 15) is 9.59 Å². The first-order valence-electron chi connectivity index (χ1n) is 10.5. The quantitative estimate of drug-likeness (QED) is 0.335.